The number of aromatic carboxylic acids is 1. The van der Waals surface area contributed by atoms with E-state index in [9.17, 15) is 14.7 Å². The van der Waals surface area contributed by atoms with Gasteiger partial charge in [0.1, 0.15) is 5.75 Å². The Morgan fingerprint density at radius 2 is 2.10 bits per heavy atom. The largest absolute Gasteiger partial charge is 0.493 e. The van der Waals surface area contributed by atoms with E-state index in [1.165, 1.54) is 28.8 Å². The normalized spacial score (nSPS) is 16.7. The standard InChI is InChI=1S/C20H16BrClN2O4S/c1-3-28-16-7-4-12(21)8-11(16)9-17-18(25)24(2)20(29-17)23-13-5-6-15(22)14(10-13)19(26)27/h4-10H,3H2,1-2H3,(H,26,27)/b17-9-,23-20?. The molecule has 9 heteroatoms. The van der Waals surface area contributed by atoms with Gasteiger partial charge in [0.2, 0.25) is 0 Å². The number of thioether (sulfide) groups is 1. The lowest BCUT2D eigenvalue weighted by Crippen LogP contribution is -2.23. The fourth-order valence-electron chi connectivity index (χ4n) is 2.57. The van der Waals surface area contributed by atoms with Crippen molar-refractivity contribution < 1.29 is 19.4 Å². The van der Waals surface area contributed by atoms with Gasteiger partial charge in [-0.3, -0.25) is 9.69 Å². The third-order valence-corrected chi connectivity index (χ3v) is 5.85. The quantitative estimate of drug-likeness (QED) is 0.559. The Morgan fingerprint density at radius 1 is 1.34 bits per heavy atom. The Morgan fingerprint density at radius 3 is 2.79 bits per heavy atom. The van der Waals surface area contributed by atoms with E-state index in [0.29, 0.717) is 28.1 Å². The molecule has 1 aliphatic heterocycles. The molecule has 29 heavy (non-hydrogen) atoms. The van der Waals surface area contributed by atoms with Gasteiger partial charge >= 0.3 is 5.97 Å². The summed E-state index contributed by atoms with van der Waals surface area (Å²) in [4.78, 5) is 30.3. The van der Waals surface area contributed by atoms with Crippen molar-refractivity contribution in [3.8, 4) is 5.75 Å². The molecule has 1 fully saturated rings. The Labute approximate surface area is 185 Å². The number of hydrogen-bond donors (Lipinski definition) is 1. The number of benzene rings is 2. The summed E-state index contributed by atoms with van der Waals surface area (Å²) >= 11 is 10.5. The number of carbonyl (C=O) groups excluding carboxylic acids is 1. The third-order valence-electron chi connectivity index (χ3n) is 3.97. The molecule has 150 valence electrons. The number of likely N-dealkylation sites (N-methyl/N-ethyl adjacent to an activating group) is 1. The van der Waals surface area contributed by atoms with Crippen LogP contribution >= 0.6 is 39.3 Å². The van der Waals surface area contributed by atoms with Gasteiger partial charge in [0.15, 0.2) is 5.17 Å². The minimum Gasteiger partial charge on any atom is -0.493 e. The zero-order chi connectivity index (χ0) is 21.1. The number of aliphatic imine (C=N–C) groups is 1. The van der Waals surface area contributed by atoms with Gasteiger partial charge in [0.25, 0.3) is 5.91 Å². The Hall–Kier alpha value is -2.29. The van der Waals surface area contributed by atoms with Crippen molar-refractivity contribution in [1.29, 1.82) is 0 Å². The van der Waals surface area contributed by atoms with E-state index in [4.69, 9.17) is 16.3 Å². The van der Waals surface area contributed by atoms with Gasteiger partial charge in [-0.25, -0.2) is 9.79 Å². The van der Waals surface area contributed by atoms with E-state index in [1.807, 2.05) is 25.1 Å². The second-order valence-electron chi connectivity index (χ2n) is 5.95. The van der Waals surface area contributed by atoms with Crippen LogP contribution in [0, 0.1) is 0 Å². The average molecular weight is 496 g/mol. The summed E-state index contributed by atoms with van der Waals surface area (Å²) in [5.41, 5.74) is 1.12. The lowest BCUT2D eigenvalue weighted by atomic mass is 10.2. The van der Waals surface area contributed by atoms with Crippen molar-refractivity contribution >= 4 is 68.1 Å². The van der Waals surface area contributed by atoms with Gasteiger partial charge in [-0.05, 0) is 61.2 Å². The first kappa shape index (κ1) is 21.4. The topological polar surface area (TPSA) is 79.2 Å². The second-order valence-corrected chi connectivity index (χ2v) is 8.29. The highest BCUT2D eigenvalue weighted by Gasteiger charge is 2.30. The third kappa shape index (κ3) is 4.83. The molecule has 0 aliphatic carbocycles. The molecule has 0 spiro atoms. The number of hydrogen-bond acceptors (Lipinski definition) is 5. The molecular formula is C20H16BrClN2O4S. The SMILES string of the molecule is CCOc1ccc(Br)cc1/C=C1\SC(=Nc2ccc(Cl)c(C(=O)O)c2)N(C)C1=O. The molecule has 1 N–H and O–H groups in total. The molecule has 2 aromatic carbocycles. The lowest BCUT2D eigenvalue weighted by Gasteiger charge is -2.08. The number of nitrogens with zero attached hydrogens (tertiary/aromatic N) is 2. The highest BCUT2D eigenvalue weighted by molar-refractivity contribution is 9.10. The van der Waals surface area contributed by atoms with Crippen molar-refractivity contribution in [3.05, 3.63) is 61.9 Å². The predicted molar refractivity (Wildman–Crippen MR) is 119 cm³/mol. The second kappa shape index (κ2) is 9.02. The number of carboxylic acid groups (broad SMARTS) is 1. The number of carbonyl (C=O) groups is 2. The molecule has 1 aliphatic rings. The smallest absolute Gasteiger partial charge is 0.337 e. The summed E-state index contributed by atoms with van der Waals surface area (Å²) in [6.45, 7) is 2.40. The molecule has 1 saturated heterocycles. The first-order valence-electron chi connectivity index (χ1n) is 8.51. The molecule has 1 amide bonds. The summed E-state index contributed by atoms with van der Waals surface area (Å²) in [7, 11) is 1.62. The van der Waals surface area contributed by atoms with Crippen LogP contribution in [-0.2, 0) is 4.79 Å². The van der Waals surface area contributed by atoms with Crippen LogP contribution < -0.4 is 4.74 Å². The summed E-state index contributed by atoms with van der Waals surface area (Å²) in [6, 6.07) is 10.0. The van der Waals surface area contributed by atoms with E-state index >= 15 is 0 Å². The minimum atomic E-state index is -1.14. The van der Waals surface area contributed by atoms with E-state index < -0.39 is 5.97 Å². The molecule has 0 radical (unpaired) electrons. The van der Waals surface area contributed by atoms with Crippen LogP contribution in [0.5, 0.6) is 5.75 Å². The first-order valence-corrected chi connectivity index (χ1v) is 10.5. The van der Waals surface area contributed by atoms with E-state index in [-0.39, 0.29) is 16.5 Å². The zero-order valence-electron chi connectivity index (χ0n) is 15.5. The van der Waals surface area contributed by atoms with Gasteiger partial charge < -0.3 is 9.84 Å². The Bertz CT molecular complexity index is 1050. The van der Waals surface area contributed by atoms with E-state index in [2.05, 4.69) is 20.9 Å². The summed E-state index contributed by atoms with van der Waals surface area (Å²) in [5.74, 6) is -0.670. The van der Waals surface area contributed by atoms with Crippen molar-refractivity contribution in [3.63, 3.8) is 0 Å². The van der Waals surface area contributed by atoms with Crippen molar-refractivity contribution in [2.75, 3.05) is 13.7 Å². The van der Waals surface area contributed by atoms with Gasteiger partial charge in [0.05, 0.1) is 27.8 Å². The van der Waals surface area contributed by atoms with Crippen LogP contribution in [0.15, 0.2) is 50.8 Å². The van der Waals surface area contributed by atoms with Crippen LogP contribution in [0.4, 0.5) is 5.69 Å². The van der Waals surface area contributed by atoms with Gasteiger partial charge in [-0.1, -0.05) is 27.5 Å². The maximum atomic E-state index is 12.7. The molecule has 1 heterocycles. The molecule has 0 unspecified atom stereocenters. The van der Waals surface area contributed by atoms with E-state index in [0.717, 1.165) is 10.0 Å². The summed E-state index contributed by atoms with van der Waals surface area (Å²) in [6.07, 6.45) is 1.76. The fraction of sp³-hybridized carbons (Fsp3) is 0.150. The number of amidine groups is 1. The van der Waals surface area contributed by atoms with Gasteiger partial charge in [-0.15, -0.1) is 0 Å². The van der Waals surface area contributed by atoms with Crippen molar-refractivity contribution in [1.82, 2.24) is 4.90 Å². The summed E-state index contributed by atoms with van der Waals surface area (Å²) < 4.78 is 6.50. The number of rotatable bonds is 5. The molecule has 0 aromatic heterocycles. The lowest BCUT2D eigenvalue weighted by molar-refractivity contribution is -0.121. The molecule has 0 bridgehead atoms. The monoisotopic (exact) mass is 494 g/mol. The number of amides is 1. The average Bonchev–Trinajstić information content (AvgIpc) is 2.93. The van der Waals surface area contributed by atoms with Gasteiger partial charge in [-0.2, -0.15) is 0 Å². The van der Waals surface area contributed by atoms with Crippen LogP contribution in [0.3, 0.4) is 0 Å². The number of carboxylic acids is 1. The number of halogens is 2. The van der Waals surface area contributed by atoms with Crippen LogP contribution in [-0.4, -0.2) is 40.7 Å². The van der Waals surface area contributed by atoms with Crippen molar-refractivity contribution in [2.24, 2.45) is 4.99 Å². The molecule has 0 saturated carbocycles. The van der Waals surface area contributed by atoms with Crippen LogP contribution in [0.25, 0.3) is 6.08 Å². The summed E-state index contributed by atoms with van der Waals surface area (Å²) in [5, 5.41) is 9.78. The Balaban J connectivity index is 1.95. The highest BCUT2D eigenvalue weighted by atomic mass is 79.9. The fourth-order valence-corrected chi connectivity index (χ4v) is 4.12. The molecule has 6 nitrogen and oxygen atoms in total. The molecule has 2 aromatic rings. The maximum absolute atomic E-state index is 12.7. The molecule has 0 atom stereocenters. The number of ether oxygens (including phenoxy) is 1. The molecule has 3 rings (SSSR count). The first-order chi connectivity index (χ1) is 13.8. The van der Waals surface area contributed by atoms with E-state index in [1.54, 1.807) is 19.2 Å². The zero-order valence-corrected chi connectivity index (χ0v) is 18.6. The van der Waals surface area contributed by atoms with Gasteiger partial charge in [0, 0.05) is 17.1 Å². The van der Waals surface area contributed by atoms with Crippen LogP contribution in [0.2, 0.25) is 5.02 Å². The molecular weight excluding hydrogens is 480 g/mol. The Kier molecular flexibility index (Phi) is 6.66. The predicted octanol–water partition coefficient (Wildman–Crippen LogP) is 5.43. The van der Waals surface area contributed by atoms with Crippen molar-refractivity contribution in [2.45, 2.75) is 6.92 Å². The highest BCUT2D eigenvalue weighted by Crippen LogP contribution is 2.36. The minimum absolute atomic E-state index is 0.0447. The maximum Gasteiger partial charge on any atom is 0.337 e. The van der Waals surface area contributed by atoms with Crippen LogP contribution in [0.1, 0.15) is 22.8 Å².